The van der Waals surface area contributed by atoms with Crippen LogP contribution in [-0.4, -0.2) is 15.0 Å². The first-order valence-corrected chi connectivity index (χ1v) is 7.90. The molecule has 0 aliphatic rings. The van der Waals surface area contributed by atoms with Crippen LogP contribution in [0.3, 0.4) is 0 Å². The molecule has 0 aliphatic heterocycles. The largest absolute Gasteiger partial charge is 0.361 e. The zero-order valence-corrected chi connectivity index (χ0v) is 13.6. The summed E-state index contributed by atoms with van der Waals surface area (Å²) in [6.07, 6.45) is 8.74. The molecule has 0 fully saturated rings. The van der Waals surface area contributed by atoms with Crippen molar-refractivity contribution in [1.29, 1.82) is 5.26 Å². The Kier molecular flexibility index (Phi) is 3.64. The molecule has 5 nitrogen and oxygen atoms in total. The summed E-state index contributed by atoms with van der Waals surface area (Å²) >= 11 is 0. The minimum atomic E-state index is 0.503. The first-order chi connectivity index (χ1) is 12.3. The molecule has 0 aliphatic carbocycles. The van der Waals surface area contributed by atoms with Crippen molar-refractivity contribution in [3.63, 3.8) is 0 Å². The highest BCUT2D eigenvalue weighted by Crippen LogP contribution is 2.34. The van der Waals surface area contributed by atoms with Gasteiger partial charge in [0.1, 0.15) is 6.07 Å². The van der Waals surface area contributed by atoms with Gasteiger partial charge >= 0.3 is 0 Å². The van der Waals surface area contributed by atoms with E-state index in [-0.39, 0.29) is 0 Å². The molecule has 0 spiro atoms. The van der Waals surface area contributed by atoms with Gasteiger partial charge in [0.05, 0.1) is 11.3 Å². The van der Waals surface area contributed by atoms with E-state index in [0.717, 1.165) is 39.0 Å². The highest BCUT2D eigenvalue weighted by molar-refractivity contribution is 5.91. The number of fused-ring (bicyclic) bond motifs is 1. The maximum atomic E-state index is 9.53. The number of nitrogens with zero attached hydrogens (tertiary/aromatic N) is 3. The molecule has 5 heteroatoms. The van der Waals surface area contributed by atoms with Gasteiger partial charge in [-0.1, -0.05) is 0 Å². The average Bonchev–Trinajstić information content (AvgIpc) is 3.14. The summed E-state index contributed by atoms with van der Waals surface area (Å²) in [5.74, 6) is 0. The van der Waals surface area contributed by atoms with Crippen LogP contribution in [0.2, 0.25) is 0 Å². The van der Waals surface area contributed by atoms with Crippen molar-refractivity contribution >= 4 is 22.3 Å². The van der Waals surface area contributed by atoms with Crippen molar-refractivity contribution in [3.05, 3.63) is 72.4 Å². The molecule has 0 saturated carbocycles. The highest BCUT2D eigenvalue weighted by atomic mass is 14.9. The first-order valence-electron chi connectivity index (χ1n) is 7.90. The number of hydrogen-bond acceptors (Lipinski definition) is 4. The zero-order chi connectivity index (χ0) is 17.2. The van der Waals surface area contributed by atoms with Gasteiger partial charge in [-0.15, -0.1) is 0 Å². The Morgan fingerprint density at radius 3 is 2.68 bits per heavy atom. The second kappa shape index (κ2) is 6.10. The first kappa shape index (κ1) is 14.9. The molecule has 4 aromatic rings. The molecule has 120 valence electrons. The SMILES string of the molecule is Cc1c(Nc2c(C#N)cncc2-c2ccncc2)ccc2[nH]ccc12. The van der Waals surface area contributed by atoms with Crippen molar-refractivity contribution in [2.24, 2.45) is 0 Å². The van der Waals surface area contributed by atoms with Gasteiger partial charge in [-0.2, -0.15) is 5.26 Å². The second-order valence-electron chi connectivity index (χ2n) is 5.76. The Morgan fingerprint density at radius 2 is 1.88 bits per heavy atom. The molecule has 0 atom stereocenters. The molecule has 0 amide bonds. The van der Waals surface area contributed by atoms with Crippen LogP contribution in [0.4, 0.5) is 11.4 Å². The highest BCUT2D eigenvalue weighted by Gasteiger charge is 2.13. The molecule has 25 heavy (non-hydrogen) atoms. The molecule has 3 aromatic heterocycles. The lowest BCUT2D eigenvalue weighted by Gasteiger charge is -2.15. The predicted octanol–water partition coefficient (Wildman–Crippen LogP) is 4.55. The van der Waals surface area contributed by atoms with E-state index in [9.17, 15) is 5.26 Å². The monoisotopic (exact) mass is 325 g/mol. The van der Waals surface area contributed by atoms with Gasteiger partial charge in [-0.25, -0.2) is 0 Å². The Labute approximate surface area is 145 Å². The van der Waals surface area contributed by atoms with E-state index in [1.165, 1.54) is 0 Å². The van der Waals surface area contributed by atoms with E-state index in [1.54, 1.807) is 24.8 Å². The summed E-state index contributed by atoms with van der Waals surface area (Å²) in [4.78, 5) is 11.5. The van der Waals surface area contributed by atoms with Crippen LogP contribution >= 0.6 is 0 Å². The number of anilines is 2. The number of rotatable bonds is 3. The topological polar surface area (TPSA) is 77.4 Å². The van der Waals surface area contributed by atoms with Gasteiger partial charge in [0.2, 0.25) is 0 Å². The summed E-state index contributed by atoms with van der Waals surface area (Å²) in [5.41, 5.74) is 6.26. The molecule has 2 N–H and O–H groups in total. The lowest BCUT2D eigenvalue weighted by molar-refractivity contribution is 1.28. The van der Waals surface area contributed by atoms with Crippen molar-refractivity contribution in [2.45, 2.75) is 6.92 Å². The summed E-state index contributed by atoms with van der Waals surface area (Å²) in [6, 6.07) is 12.2. The molecule has 0 bridgehead atoms. The van der Waals surface area contributed by atoms with Gasteiger partial charge < -0.3 is 10.3 Å². The number of aryl methyl sites for hydroxylation is 1. The fourth-order valence-electron chi connectivity index (χ4n) is 2.98. The minimum absolute atomic E-state index is 0.503. The van der Waals surface area contributed by atoms with E-state index in [4.69, 9.17) is 0 Å². The van der Waals surface area contributed by atoms with Crippen LogP contribution in [-0.2, 0) is 0 Å². The van der Waals surface area contributed by atoms with E-state index in [0.29, 0.717) is 5.56 Å². The van der Waals surface area contributed by atoms with Gasteiger partial charge in [0.25, 0.3) is 0 Å². The number of aromatic nitrogens is 3. The molecule has 0 radical (unpaired) electrons. The molecule has 3 heterocycles. The average molecular weight is 325 g/mol. The van der Waals surface area contributed by atoms with Crippen LogP contribution in [0.5, 0.6) is 0 Å². The maximum absolute atomic E-state index is 9.53. The Balaban J connectivity index is 1.87. The van der Waals surface area contributed by atoms with Crippen LogP contribution in [0, 0.1) is 18.3 Å². The Bertz CT molecular complexity index is 1090. The van der Waals surface area contributed by atoms with Gasteiger partial charge in [0.15, 0.2) is 0 Å². The minimum Gasteiger partial charge on any atom is -0.361 e. The smallest absolute Gasteiger partial charge is 0.103 e. The number of H-pyrrole nitrogens is 1. The lowest BCUT2D eigenvalue weighted by Crippen LogP contribution is -2.00. The van der Waals surface area contributed by atoms with E-state index < -0.39 is 0 Å². The van der Waals surface area contributed by atoms with E-state index in [2.05, 4.69) is 39.3 Å². The third-order valence-electron chi connectivity index (χ3n) is 4.32. The maximum Gasteiger partial charge on any atom is 0.103 e. The summed E-state index contributed by atoms with van der Waals surface area (Å²) in [7, 11) is 0. The third kappa shape index (κ3) is 2.60. The van der Waals surface area contributed by atoms with Crippen LogP contribution in [0.15, 0.2) is 61.3 Å². The standard InChI is InChI=1S/C20H15N5/c1-13-16-6-9-24-19(16)3-2-18(13)25-20-15(10-21)11-23-12-17(20)14-4-7-22-8-5-14/h2-9,11-12,24H,1H3,(H,23,25). The van der Waals surface area contributed by atoms with Crippen molar-refractivity contribution in [2.75, 3.05) is 5.32 Å². The number of hydrogen-bond donors (Lipinski definition) is 2. The number of nitriles is 1. The molecule has 4 rings (SSSR count). The summed E-state index contributed by atoms with van der Waals surface area (Å²) in [5, 5.41) is 14.1. The lowest BCUT2D eigenvalue weighted by atomic mass is 10.0. The number of nitrogens with one attached hydrogen (secondary N) is 2. The van der Waals surface area contributed by atoms with E-state index >= 15 is 0 Å². The normalized spacial score (nSPS) is 10.6. The van der Waals surface area contributed by atoms with Gasteiger partial charge in [0, 0.05) is 53.1 Å². The van der Waals surface area contributed by atoms with Crippen molar-refractivity contribution < 1.29 is 0 Å². The molecule has 1 aromatic carbocycles. The fourth-order valence-corrected chi connectivity index (χ4v) is 2.98. The van der Waals surface area contributed by atoms with Gasteiger partial charge in [-0.3, -0.25) is 9.97 Å². The Hall–Kier alpha value is -3.65. The third-order valence-corrected chi connectivity index (χ3v) is 4.32. The molecular weight excluding hydrogens is 310 g/mol. The van der Waals surface area contributed by atoms with Crippen molar-refractivity contribution in [3.8, 4) is 17.2 Å². The predicted molar refractivity (Wildman–Crippen MR) is 98.5 cm³/mol. The summed E-state index contributed by atoms with van der Waals surface area (Å²) < 4.78 is 0. The zero-order valence-electron chi connectivity index (χ0n) is 13.6. The second-order valence-corrected chi connectivity index (χ2v) is 5.76. The van der Waals surface area contributed by atoms with Crippen LogP contribution in [0.1, 0.15) is 11.1 Å². The molecule has 0 unspecified atom stereocenters. The van der Waals surface area contributed by atoms with E-state index in [1.807, 2.05) is 30.5 Å². The number of pyridine rings is 2. The number of aromatic amines is 1. The quantitative estimate of drug-likeness (QED) is 0.579. The fraction of sp³-hybridized carbons (Fsp3) is 0.0500. The Morgan fingerprint density at radius 1 is 1.04 bits per heavy atom. The van der Waals surface area contributed by atoms with Crippen molar-refractivity contribution in [1.82, 2.24) is 15.0 Å². The van der Waals surface area contributed by atoms with Gasteiger partial charge in [-0.05, 0) is 48.4 Å². The summed E-state index contributed by atoms with van der Waals surface area (Å²) in [6.45, 7) is 2.07. The van der Waals surface area contributed by atoms with Crippen LogP contribution in [0.25, 0.3) is 22.0 Å². The number of benzene rings is 1. The van der Waals surface area contributed by atoms with Crippen LogP contribution < -0.4 is 5.32 Å². The molecular formula is C20H15N5. The molecule has 0 saturated heterocycles.